The Morgan fingerprint density at radius 3 is 2.72 bits per heavy atom. The standard InChI is InChI=1S/C14H27N3O/c1-11(2)9-13(15)14(18)17-8-4-7-16-6-3-5-12(16)10-17/h11-13H,3-10,15H2,1-2H3. The topological polar surface area (TPSA) is 49.6 Å². The van der Waals surface area contributed by atoms with Crippen molar-refractivity contribution in [3.05, 3.63) is 0 Å². The van der Waals surface area contributed by atoms with Crippen molar-refractivity contribution in [2.45, 2.75) is 51.6 Å². The zero-order valence-corrected chi connectivity index (χ0v) is 11.8. The van der Waals surface area contributed by atoms with E-state index < -0.39 is 0 Å². The molecule has 2 unspecified atom stereocenters. The molecule has 0 aromatic heterocycles. The number of hydrogen-bond acceptors (Lipinski definition) is 3. The predicted octanol–water partition coefficient (Wildman–Crippen LogP) is 1.06. The Morgan fingerprint density at radius 1 is 1.28 bits per heavy atom. The minimum Gasteiger partial charge on any atom is -0.340 e. The molecular formula is C14H27N3O. The van der Waals surface area contributed by atoms with Crippen LogP contribution in [0, 0.1) is 5.92 Å². The number of fused-ring (bicyclic) bond motifs is 1. The highest BCUT2D eigenvalue weighted by Crippen LogP contribution is 2.21. The van der Waals surface area contributed by atoms with Gasteiger partial charge in [0.05, 0.1) is 6.04 Å². The first kappa shape index (κ1) is 13.8. The van der Waals surface area contributed by atoms with Gasteiger partial charge in [0.25, 0.3) is 0 Å². The lowest BCUT2D eigenvalue weighted by atomic mass is 10.0. The molecular weight excluding hydrogens is 226 g/mol. The van der Waals surface area contributed by atoms with Crippen molar-refractivity contribution < 1.29 is 4.79 Å². The van der Waals surface area contributed by atoms with E-state index in [9.17, 15) is 4.79 Å². The molecule has 4 nitrogen and oxygen atoms in total. The van der Waals surface area contributed by atoms with Crippen molar-refractivity contribution in [3.8, 4) is 0 Å². The molecule has 0 aromatic rings. The van der Waals surface area contributed by atoms with E-state index >= 15 is 0 Å². The second-order valence-corrected chi connectivity index (χ2v) is 6.21. The summed E-state index contributed by atoms with van der Waals surface area (Å²) in [6.07, 6.45) is 4.41. The van der Waals surface area contributed by atoms with Gasteiger partial charge < -0.3 is 10.6 Å². The van der Waals surface area contributed by atoms with Crippen LogP contribution in [-0.2, 0) is 4.79 Å². The van der Waals surface area contributed by atoms with Crippen molar-refractivity contribution in [3.63, 3.8) is 0 Å². The van der Waals surface area contributed by atoms with Crippen LogP contribution in [0.5, 0.6) is 0 Å². The Balaban J connectivity index is 1.93. The summed E-state index contributed by atoms with van der Waals surface area (Å²) in [7, 11) is 0. The van der Waals surface area contributed by atoms with Crippen LogP contribution in [0.1, 0.15) is 39.5 Å². The van der Waals surface area contributed by atoms with Crippen LogP contribution in [0.3, 0.4) is 0 Å². The fraction of sp³-hybridized carbons (Fsp3) is 0.929. The number of hydrogen-bond donors (Lipinski definition) is 1. The van der Waals surface area contributed by atoms with Crippen molar-refractivity contribution in [2.24, 2.45) is 11.7 Å². The first-order chi connectivity index (χ1) is 8.58. The molecule has 2 fully saturated rings. The SMILES string of the molecule is CC(C)CC(N)C(=O)N1CCCN2CCCC2C1. The molecule has 0 bridgehead atoms. The third-order valence-electron chi connectivity index (χ3n) is 4.16. The molecule has 104 valence electrons. The number of carbonyl (C=O) groups excluding carboxylic acids is 1. The third-order valence-corrected chi connectivity index (χ3v) is 4.16. The first-order valence-corrected chi connectivity index (χ1v) is 7.36. The minimum absolute atomic E-state index is 0.164. The summed E-state index contributed by atoms with van der Waals surface area (Å²) < 4.78 is 0. The minimum atomic E-state index is -0.307. The lowest BCUT2D eigenvalue weighted by Gasteiger charge is -2.28. The normalized spacial score (nSPS) is 27.1. The van der Waals surface area contributed by atoms with Gasteiger partial charge in [-0.15, -0.1) is 0 Å². The summed E-state index contributed by atoms with van der Waals surface area (Å²) in [5.74, 6) is 0.649. The summed E-state index contributed by atoms with van der Waals surface area (Å²) in [4.78, 5) is 16.9. The van der Waals surface area contributed by atoms with Gasteiger partial charge in [0.1, 0.15) is 0 Å². The highest BCUT2D eigenvalue weighted by atomic mass is 16.2. The molecule has 0 aromatic carbocycles. The van der Waals surface area contributed by atoms with E-state index in [2.05, 4.69) is 18.7 Å². The van der Waals surface area contributed by atoms with Crippen LogP contribution in [0.15, 0.2) is 0 Å². The second-order valence-electron chi connectivity index (χ2n) is 6.21. The largest absolute Gasteiger partial charge is 0.340 e. The maximum atomic E-state index is 12.4. The Labute approximate surface area is 110 Å². The van der Waals surface area contributed by atoms with Gasteiger partial charge in [0.15, 0.2) is 0 Å². The summed E-state index contributed by atoms with van der Waals surface area (Å²) in [6.45, 7) is 8.38. The van der Waals surface area contributed by atoms with Crippen LogP contribution < -0.4 is 5.73 Å². The molecule has 0 radical (unpaired) electrons. The molecule has 2 saturated heterocycles. The molecule has 2 heterocycles. The molecule has 2 rings (SSSR count). The Bertz CT molecular complexity index is 293. The predicted molar refractivity (Wildman–Crippen MR) is 73.2 cm³/mol. The van der Waals surface area contributed by atoms with E-state index in [1.807, 2.05) is 4.90 Å². The average Bonchev–Trinajstić information content (AvgIpc) is 2.64. The van der Waals surface area contributed by atoms with Crippen LogP contribution in [0.2, 0.25) is 0 Å². The zero-order chi connectivity index (χ0) is 13.1. The van der Waals surface area contributed by atoms with E-state index in [0.717, 1.165) is 32.5 Å². The third kappa shape index (κ3) is 3.23. The Kier molecular flexibility index (Phi) is 4.62. The average molecular weight is 253 g/mol. The van der Waals surface area contributed by atoms with E-state index in [4.69, 9.17) is 5.73 Å². The highest BCUT2D eigenvalue weighted by molar-refractivity contribution is 5.81. The van der Waals surface area contributed by atoms with Gasteiger partial charge in [-0.05, 0) is 38.1 Å². The summed E-state index contributed by atoms with van der Waals surface area (Å²) in [6, 6.07) is 0.278. The number of rotatable bonds is 3. The van der Waals surface area contributed by atoms with E-state index in [-0.39, 0.29) is 11.9 Å². The van der Waals surface area contributed by atoms with Crippen molar-refractivity contribution in [1.82, 2.24) is 9.80 Å². The van der Waals surface area contributed by atoms with Crippen LogP contribution in [0.4, 0.5) is 0 Å². The fourth-order valence-corrected chi connectivity index (χ4v) is 3.25. The molecule has 2 atom stereocenters. The van der Waals surface area contributed by atoms with Gasteiger partial charge in [0.2, 0.25) is 5.91 Å². The lowest BCUT2D eigenvalue weighted by molar-refractivity contribution is -0.133. The molecule has 4 heteroatoms. The maximum Gasteiger partial charge on any atom is 0.239 e. The van der Waals surface area contributed by atoms with Crippen LogP contribution in [0.25, 0.3) is 0 Å². The molecule has 0 spiro atoms. The summed E-state index contributed by atoms with van der Waals surface area (Å²) >= 11 is 0. The van der Waals surface area contributed by atoms with Gasteiger partial charge in [-0.3, -0.25) is 9.69 Å². The zero-order valence-electron chi connectivity index (χ0n) is 11.8. The van der Waals surface area contributed by atoms with Gasteiger partial charge in [0, 0.05) is 25.7 Å². The van der Waals surface area contributed by atoms with Crippen LogP contribution >= 0.6 is 0 Å². The molecule has 2 N–H and O–H groups in total. The van der Waals surface area contributed by atoms with Gasteiger partial charge in [-0.25, -0.2) is 0 Å². The second kappa shape index (κ2) is 6.02. The number of nitrogens with zero attached hydrogens (tertiary/aromatic N) is 2. The van der Waals surface area contributed by atoms with E-state index in [1.54, 1.807) is 0 Å². The number of amides is 1. The van der Waals surface area contributed by atoms with Gasteiger partial charge >= 0.3 is 0 Å². The lowest BCUT2D eigenvalue weighted by Crippen LogP contribution is -2.47. The van der Waals surface area contributed by atoms with Crippen LogP contribution in [-0.4, -0.2) is 54.0 Å². The molecule has 0 aliphatic carbocycles. The smallest absolute Gasteiger partial charge is 0.239 e. The Hall–Kier alpha value is -0.610. The monoisotopic (exact) mass is 253 g/mol. The Morgan fingerprint density at radius 2 is 2.00 bits per heavy atom. The summed E-state index contributed by atoms with van der Waals surface area (Å²) in [5, 5.41) is 0. The number of nitrogens with two attached hydrogens (primary N) is 1. The van der Waals surface area contributed by atoms with E-state index in [0.29, 0.717) is 12.0 Å². The first-order valence-electron chi connectivity index (χ1n) is 7.36. The molecule has 1 amide bonds. The molecule has 0 saturated carbocycles. The highest BCUT2D eigenvalue weighted by Gasteiger charge is 2.32. The summed E-state index contributed by atoms with van der Waals surface area (Å²) in [5.41, 5.74) is 6.03. The van der Waals surface area contributed by atoms with Gasteiger partial charge in [-0.1, -0.05) is 13.8 Å². The quantitative estimate of drug-likeness (QED) is 0.818. The van der Waals surface area contributed by atoms with Crippen molar-refractivity contribution in [2.75, 3.05) is 26.2 Å². The molecule has 18 heavy (non-hydrogen) atoms. The fourth-order valence-electron chi connectivity index (χ4n) is 3.25. The molecule has 2 aliphatic heterocycles. The number of carbonyl (C=O) groups is 1. The van der Waals surface area contributed by atoms with Crippen molar-refractivity contribution >= 4 is 5.91 Å². The molecule has 2 aliphatic rings. The van der Waals surface area contributed by atoms with Gasteiger partial charge in [-0.2, -0.15) is 0 Å². The van der Waals surface area contributed by atoms with E-state index in [1.165, 1.54) is 19.4 Å². The maximum absolute atomic E-state index is 12.4. The van der Waals surface area contributed by atoms with Crippen molar-refractivity contribution in [1.29, 1.82) is 0 Å².